The number of alkyl halides is 5. The van der Waals surface area contributed by atoms with Gasteiger partial charge in [0.25, 0.3) is 0 Å². The monoisotopic (exact) mass is 464 g/mol. The standard InChI is InChI=1S/C22H21F5N6/c23-21(24)12-20(13-21)5-9-33(10-6-20)19-31-17-15(4-2-8-29-17)18(32-19)30-11-14-3-1-7-28-16(14)22(25,26)27/h1-4,7-8H,5-6,9-13H2,(H,29,30,31,32). The number of halogens is 5. The summed E-state index contributed by atoms with van der Waals surface area (Å²) >= 11 is 0. The lowest BCUT2D eigenvalue weighted by molar-refractivity contribution is -0.168. The molecule has 1 aliphatic heterocycles. The number of rotatable bonds is 4. The van der Waals surface area contributed by atoms with Crippen molar-refractivity contribution in [1.29, 1.82) is 0 Å². The Labute approximate surface area is 186 Å². The van der Waals surface area contributed by atoms with Crippen LogP contribution in [0.5, 0.6) is 0 Å². The molecule has 2 aliphatic rings. The van der Waals surface area contributed by atoms with Gasteiger partial charge in [-0.1, -0.05) is 6.07 Å². The van der Waals surface area contributed by atoms with Gasteiger partial charge in [0.15, 0.2) is 5.65 Å². The van der Waals surface area contributed by atoms with E-state index in [1.54, 1.807) is 18.3 Å². The Morgan fingerprint density at radius 3 is 2.36 bits per heavy atom. The van der Waals surface area contributed by atoms with Crippen LogP contribution in [0.3, 0.4) is 0 Å². The summed E-state index contributed by atoms with van der Waals surface area (Å²) in [6.07, 6.45) is -0.788. The zero-order valence-corrected chi connectivity index (χ0v) is 17.5. The lowest BCUT2D eigenvalue weighted by atomic mass is 9.61. The van der Waals surface area contributed by atoms with Gasteiger partial charge in [-0.2, -0.15) is 23.1 Å². The number of piperidine rings is 1. The summed E-state index contributed by atoms with van der Waals surface area (Å²) in [6, 6.07) is 6.25. The molecule has 1 aliphatic carbocycles. The predicted molar refractivity (Wildman–Crippen MR) is 112 cm³/mol. The van der Waals surface area contributed by atoms with Gasteiger partial charge in [0.05, 0.1) is 5.39 Å². The predicted octanol–water partition coefficient (Wildman–Crippen LogP) is 5.07. The molecule has 11 heteroatoms. The molecule has 3 aromatic heterocycles. The molecule has 1 spiro atoms. The first-order valence-corrected chi connectivity index (χ1v) is 10.6. The highest BCUT2D eigenvalue weighted by atomic mass is 19.4. The van der Waals surface area contributed by atoms with Crippen molar-refractivity contribution in [2.24, 2.45) is 5.41 Å². The van der Waals surface area contributed by atoms with Crippen LogP contribution < -0.4 is 10.2 Å². The van der Waals surface area contributed by atoms with Crippen molar-refractivity contribution in [3.05, 3.63) is 47.9 Å². The first-order valence-electron chi connectivity index (χ1n) is 10.6. The molecule has 0 radical (unpaired) electrons. The number of anilines is 2. The summed E-state index contributed by atoms with van der Waals surface area (Å²) in [6.45, 7) is 0.935. The first kappa shape index (κ1) is 21.7. The minimum absolute atomic E-state index is 0.00646. The molecule has 4 heterocycles. The maximum absolute atomic E-state index is 13.4. The van der Waals surface area contributed by atoms with E-state index in [-0.39, 0.29) is 30.4 Å². The molecule has 5 rings (SSSR count). The van der Waals surface area contributed by atoms with Gasteiger partial charge in [-0.3, -0.25) is 4.98 Å². The van der Waals surface area contributed by atoms with E-state index in [2.05, 4.69) is 25.3 Å². The zero-order chi connectivity index (χ0) is 23.3. The molecule has 33 heavy (non-hydrogen) atoms. The van der Waals surface area contributed by atoms with Crippen LogP contribution in [0, 0.1) is 5.41 Å². The fourth-order valence-corrected chi connectivity index (χ4v) is 4.82. The summed E-state index contributed by atoms with van der Waals surface area (Å²) in [5, 5.41) is 3.56. The van der Waals surface area contributed by atoms with E-state index in [1.165, 1.54) is 12.1 Å². The highest BCUT2D eigenvalue weighted by Crippen LogP contribution is 2.57. The SMILES string of the molecule is FC1(F)CC2(CCN(c3nc(NCc4cccnc4C(F)(F)F)c4cccnc4n3)CC2)C1. The minimum Gasteiger partial charge on any atom is -0.365 e. The third-order valence-corrected chi connectivity index (χ3v) is 6.44. The van der Waals surface area contributed by atoms with Crippen molar-refractivity contribution in [2.75, 3.05) is 23.3 Å². The molecule has 1 saturated carbocycles. The average molecular weight is 464 g/mol. The largest absolute Gasteiger partial charge is 0.433 e. The van der Waals surface area contributed by atoms with Gasteiger partial charge < -0.3 is 10.2 Å². The lowest BCUT2D eigenvalue weighted by Gasteiger charge is -2.51. The van der Waals surface area contributed by atoms with Crippen LogP contribution in [0.25, 0.3) is 11.0 Å². The topological polar surface area (TPSA) is 66.8 Å². The number of nitrogens with one attached hydrogen (secondary N) is 1. The van der Waals surface area contributed by atoms with Crippen LogP contribution in [0.15, 0.2) is 36.7 Å². The van der Waals surface area contributed by atoms with Crippen LogP contribution >= 0.6 is 0 Å². The quantitative estimate of drug-likeness (QED) is 0.544. The molecule has 0 unspecified atom stereocenters. The Bertz CT molecular complexity index is 1160. The fraction of sp³-hybridized carbons (Fsp3) is 0.455. The number of hydrogen-bond acceptors (Lipinski definition) is 6. The van der Waals surface area contributed by atoms with Crippen molar-refractivity contribution in [1.82, 2.24) is 19.9 Å². The van der Waals surface area contributed by atoms with E-state index < -0.39 is 17.8 Å². The van der Waals surface area contributed by atoms with Gasteiger partial charge in [-0.15, -0.1) is 0 Å². The van der Waals surface area contributed by atoms with Crippen LogP contribution in [0.4, 0.5) is 33.7 Å². The van der Waals surface area contributed by atoms with E-state index in [1.807, 2.05) is 4.90 Å². The molecule has 0 atom stereocenters. The summed E-state index contributed by atoms with van der Waals surface area (Å²) < 4.78 is 66.7. The normalized spacial score (nSPS) is 19.5. The average Bonchev–Trinajstić information content (AvgIpc) is 2.76. The molecule has 1 N–H and O–H groups in total. The molecule has 2 fully saturated rings. The zero-order valence-electron chi connectivity index (χ0n) is 17.5. The van der Waals surface area contributed by atoms with E-state index in [0.717, 1.165) is 6.20 Å². The molecule has 1 saturated heterocycles. The Hall–Kier alpha value is -3.11. The summed E-state index contributed by atoms with van der Waals surface area (Å²) in [5.74, 6) is -1.83. The van der Waals surface area contributed by atoms with Gasteiger partial charge in [0.1, 0.15) is 11.5 Å². The van der Waals surface area contributed by atoms with Crippen LogP contribution in [0.2, 0.25) is 0 Å². The summed E-state index contributed by atoms with van der Waals surface area (Å²) in [4.78, 5) is 18.8. The molecular formula is C22H21F5N6. The van der Waals surface area contributed by atoms with Gasteiger partial charge in [0.2, 0.25) is 11.9 Å². The van der Waals surface area contributed by atoms with Gasteiger partial charge >= 0.3 is 6.18 Å². The van der Waals surface area contributed by atoms with Crippen LogP contribution in [-0.2, 0) is 12.7 Å². The molecule has 6 nitrogen and oxygen atoms in total. The van der Waals surface area contributed by atoms with Gasteiger partial charge in [-0.05, 0) is 36.5 Å². The Morgan fingerprint density at radius 2 is 1.67 bits per heavy atom. The summed E-state index contributed by atoms with van der Waals surface area (Å²) in [7, 11) is 0. The Kier molecular flexibility index (Phi) is 5.09. The molecule has 0 aromatic carbocycles. The lowest BCUT2D eigenvalue weighted by Crippen LogP contribution is -2.52. The first-order chi connectivity index (χ1) is 15.6. The third-order valence-electron chi connectivity index (χ3n) is 6.44. The number of nitrogens with zero attached hydrogens (tertiary/aromatic N) is 5. The summed E-state index contributed by atoms with van der Waals surface area (Å²) in [5.41, 5.74) is -0.867. The van der Waals surface area contributed by atoms with Crippen molar-refractivity contribution in [2.45, 2.75) is 44.3 Å². The molecule has 0 bridgehead atoms. The van der Waals surface area contributed by atoms with Crippen molar-refractivity contribution in [3.8, 4) is 0 Å². The van der Waals surface area contributed by atoms with E-state index >= 15 is 0 Å². The van der Waals surface area contributed by atoms with Crippen molar-refractivity contribution < 1.29 is 22.0 Å². The van der Waals surface area contributed by atoms with Crippen molar-refractivity contribution in [3.63, 3.8) is 0 Å². The second kappa shape index (κ2) is 7.74. The Morgan fingerprint density at radius 1 is 0.970 bits per heavy atom. The smallest absolute Gasteiger partial charge is 0.365 e. The van der Waals surface area contributed by atoms with E-state index in [0.29, 0.717) is 48.7 Å². The maximum Gasteiger partial charge on any atom is 0.433 e. The fourth-order valence-electron chi connectivity index (χ4n) is 4.82. The third kappa shape index (κ3) is 4.28. The van der Waals surface area contributed by atoms with E-state index in [9.17, 15) is 22.0 Å². The molecule has 3 aromatic rings. The number of aromatic nitrogens is 4. The highest BCUT2D eigenvalue weighted by molar-refractivity contribution is 5.87. The number of hydrogen-bond donors (Lipinski definition) is 1. The van der Waals surface area contributed by atoms with Crippen LogP contribution in [0.1, 0.15) is 36.9 Å². The van der Waals surface area contributed by atoms with Crippen molar-refractivity contribution >= 4 is 22.8 Å². The second-order valence-electron chi connectivity index (χ2n) is 8.81. The van der Waals surface area contributed by atoms with Gasteiger partial charge in [-0.25, -0.2) is 13.8 Å². The second-order valence-corrected chi connectivity index (χ2v) is 8.81. The Balaban J connectivity index is 1.39. The van der Waals surface area contributed by atoms with Gasteiger partial charge in [0, 0.05) is 50.4 Å². The highest BCUT2D eigenvalue weighted by Gasteiger charge is 2.56. The molecule has 174 valence electrons. The number of pyridine rings is 2. The number of fused-ring (bicyclic) bond motifs is 1. The maximum atomic E-state index is 13.4. The molecule has 0 amide bonds. The molecular weight excluding hydrogens is 443 g/mol. The van der Waals surface area contributed by atoms with Crippen LogP contribution in [-0.4, -0.2) is 38.9 Å². The van der Waals surface area contributed by atoms with E-state index in [4.69, 9.17) is 0 Å². The minimum atomic E-state index is -4.57.